The monoisotopic (exact) mass is 366 g/mol. The highest BCUT2D eigenvalue weighted by Crippen LogP contribution is 2.43. The highest BCUT2D eigenvalue weighted by molar-refractivity contribution is 7.53. The van der Waals surface area contributed by atoms with Crippen LogP contribution < -0.4 is 9.42 Å². The Hall–Kier alpha value is -1.52. The second-order valence-electron chi connectivity index (χ2n) is 5.77. The molecular formula is C17H20ClN2O3P. The Morgan fingerprint density at radius 1 is 1.04 bits per heavy atom. The molecule has 0 radical (unpaired) electrons. The van der Waals surface area contributed by atoms with Gasteiger partial charge in [0.15, 0.2) is 0 Å². The second kappa shape index (κ2) is 7.58. The first-order chi connectivity index (χ1) is 11.5. The molecule has 24 heavy (non-hydrogen) atoms. The predicted octanol–water partition coefficient (Wildman–Crippen LogP) is 3.68. The van der Waals surface area contributed by atoms with Crippen molar-refractivity contribution in [2.45, 2.75) is 0 Å². The van der Waals surface area contributed by atoms with E-state index in [1.165, 1.54) is 0 Å². The van der Waals surface area contributed by atoms with Crippen molar-refractivity contribution in [3.63, 3.8) is 0 Å². The Kier molecular flexibility index (Phi) is 5.47. The smallest absolute Gasteiger partial charge is 0.390 e. The summed E-state index contributed by atoms with van der Waals surface area (Å²) in [6, 6.07) is 16.5. The van der Waals surface area contributed by atoms with E-state index in [0.717, 1.165) is 18.8 Å². The minimum Gasteiger partial charge on any atom is -0.424 e. The summed E-state index contributed by atoms with van der Waals surface area (Å²) in [7, 11) is -3.70. The number of hydrogen-bond donors (Lipinski definition) is 1. The molecule has 3 rings (SSSR count). The van der Waals surface area contributed by atoms with Crippen molar-refractivity contribution in [3.05, 3.63) is 59.6 Å². The van der Waals surface area contributed by atoms with Crippen LogP contribution in [0, 0.1) is 0 Å². The van der Waals surface area contributed by atoms with Crippen LogP contribution in [0.4, 0.5) is 5.69 Å². The fraction of sp³-hybridized carbons (Fsp3) is 0.294. The Balaban J connectivity index is 1.54. The zero-order valence-corrected chi connectivity index (χ0v) is 14.9. The lowest BCUT2D eigenvalue weighted by atomic mass is 10.2. The molecule has 1 aliphatic rings. The number of halogens is 1. The molecule has 0 saturated carbocycles. The zero-order chi connectivity index (χ0) is 17.0. The van der Waals surface area contributed by atoms with Gasteiger partial charge in [0.05, 0.1) is 0 Å². The number of rotatable bonds is 5. The molecule has 1 heterocycles. The van der Waals surface area contributed by atoms with E-state index in [2.05, 4.69) is 4.90 Å². The van der Waals surface area contributed by atoms with Gasteiger partial charge in [0, 0.05) is 36.9 Å². The van der Waals surface area contributed by atoms with Crippen LogP contribution in [0.5, 0.6) is 5.75 Å². The van der Waals surface area contributed by atoms with Gasteiger partial charge in [-0.25, -0.2) is 4.57 Å². The molecule has 1 aliphatic heterocycles. The lowest BCUT2D eigenvalue weighted by Crippen LogP contribution is -2.46. The summed E-state index contributed by atoms with van der Waals surface area (Å²) < 4.78 is 17.6. The number of para-hydroxylation sites is 1. The van der Waals surface area contributed by atoms with Gasteiger partial charge in [0.2, 0.25) is 0 Å². The third-order valence-electron chi connectivity index (χ3n) is 3.92. The van der Waals surface area contributed by atoms with E-state index in [4.69, 9.17) is 16.1 Å². The van der Waals surface area contributed by atoms with E-state index in [0.29, 0.717) is 23.9 Å². The first-order valence-corrected chi connectivity index (χ1v) is 9.95. The third-order valence-corrected chi connectivity index (χ3v) is 5.40. The molecule has 7 heteroatoms. The van der Waals surface area contributed by atoms with Crippen molar-refractivity contribution in [1.29, 1.82) is 0 Å². The Bertz CT molecular complexity index is 721. The van der Waals surface area contributed by atoms with E-state index in [1.54, 1.807) is 24.3 Å². The van der Waals surface area contributed by atoms with Crippen molar-refractivity contribution in [3.8, 4) is 5.75 Å². The van der Waals surface area contributed by atoms with E-state index in [-0.39, 0.29) is 6.29 Å². The fourth-order valence-corrected chi connectivity index (χ4v) is 4.23. The van der Waals surface area contributed by atoms with Crippen LogP contribution in [0.25, 0.3) is 0 Å². The number of anilines is 1. The van der Waals surface area contributed by atoms with Gasteiger partial charge >= 0.3 is 7.60 Å². The van der Waals surface area contributed by atoms with Crippen LogP contribution in [0.3, 0.4) is 0 Å². The minimum absolute atomic E-state index is 0.0330. The molecule has 0 bridgehead atoms. The molecular weight excluding hydrogens is 347 g/mol. The van der Waals surface area contributed by atoms with Gasteiger partial charge in [0.1, 0.15) is 12.0 Å². The lowest BCUT2D eigenvalue weighted by molar-refractivity contribution is 0.266. The third kappa shape index (κ3) is 4.74. The van der Waals surface area contributed by atoms with Crippen molar-refractivity contribution >= 4 is 24.9 Å². The molecule has 1 saturated heterocycles. The molecule has 0 aliphatic carbocycles. The maximum atomic E-state index is 12.3. The molecule has 0 spiro atoms. The number of nitrogens with zero attached hydrogens (tertiary/aromatic N) is 2. The summed E-state index contributed by atoms with van der Waals surface area (Å²) in [5, 5.41) is 0.714. The van der Waals surface area contributed by atoms with Crippen LogP contribution in [0.1, 0.15) is 0 Å². The number of hydrogen-bond acceptors (Lipinski definition) is 4. The SMILES string of the molecule is O=P(O)(CN1CCN(c2cccc(Cl)c2)CC1)Oc1ccccc1. The largest absolute Gasteiger partial charge is 0.424 e. The van der Waals surface area contributed by atoms with Crippen LogP contribution in [0.15, 0.2) is 54.6 Å². The van der Waals surface area contributed by atoms with Gasteiger partial charge in [-0.05, 0) is 30.3 Å². The molecule has 2 aromatic carbocycles. The molecule has 1 fully saturated rings. The topological polar surface area (TPSA) is 53.0 Å². The molecule has 0 aromatic heterocycles. The first-order valence-electron chi connectivity index (χ1n) is 7.81. The highest BCUT2D eigenvalue weighted by atomic mass is 35.5. The van der Waals surface area contributed by atoms with E-state index < -0.39 is 7.60 Å². The molecule has 128 valence electrons. The molecule has 1 N–H and O–H groups in total. The average Bonchev–Trinajstić information content (AvgIpc) is 2.55. The Morgan fingerprint density at radius 2 is 1.75 bits per heavy atom. The fourth-order valence-electron chi connectivity index (χ4n) is 2.75. The molecule has 1 atom stereocenters. The van der Waals surface area contributed by atoms with Gasteiger partial charge in [-0.1, -0.05) is 35.9 Å². The lowest BCUT2D eigenvalue weighted by Gasteiger charge is -2.36. The van der Waals surface area contributed by atoms with Gasteiger partial charge in [-0.3, -0.25) is 4.90 Å². The van der Waals surface area contributed by atoms with Gasteiger partial charge in [-0.2, -0.15) is 0 Å². The minimum atomic E-state index is -3.70. The van der Waals surface area contributed by atoms with Crippen molar-refractivity contribution < 1.29 is 14.0 Å². The number of piperazine rings is 1. The number of benzene rings is 2. The molecule has 0 amide bonds. The Labute approximate surface area is 147 Å². The van der Waals surface area contributed by atoms with Crippen LogP contribution in [-0.4, -0.2) is 42.3 Å². The molecule has 5 nitrogen and oxygen atoms in total. The summed E-state index contributed by atoms with van der Waals surface area (Å²) >= 11 is 6.03. The predicted molar refractivity (Wildman–Crippen MR) is 97.0 cm³/mol. The summed E-state index contributed by atoms with van der Waals surface area (Å²) in [6.07, 6.45) is 0.0330. The average molecular weight is 367 g/mol. The van der Waals surface area contributed by atoms with Crippen molar-refractivity contribution in [2.24, 2.45) is 0 Å². The van der Waals surface area contributed by atoms with Crippen LogP contribution in [-0.2, 0) is 4.57 Å². The maximum absolute atomic E-state index is 12.3. The summed E-state index contributed by atoms with van der Waals surface area (Å²) in [6.45, 7) is 2.97. The highest BCUT2D eigenvalue weighted by Gasteiger charge is 2.27. The van der Waals surface area contributed by atoms with Crippen LogP contribution >= 0.6 is 19.2 Å². The Morgan fingerprint density at radius 3 is 2.42 bits per heavy atom. The van der Waals surface area contributed by atoms with Crippen molar-refractivity contribution in [2.75, 3.05) is 37.4 Å². The molecule has 2 aromatic rings. The van der Waals surface area contributed by atoms with Gasteiger partial charge in [-0.15, -0.1) is 0 Å². The standard InChI is InChI=1S/C17H20ClN2O3P/c18-15-5-4-6-16(13-15)20-11-9-19(10-12-20)14-24(21,22)23-17-7-2-1-3-8-17/h1-8,13H,9-12,14H2,(H,21,22). The maximum Gasteiger partial charge on any atom is 0.390 e. The van der Waals surface area contributed by atoms with Gasteiger partial charge in [0.25, 0.3) is 0 Å². The van der Waals surface area contributed by atoms with Crippen molar-refractivity contribution in [1.82, 2.24) is 4.90 Å². The van der Waals surface area contributed by atoms with Crippen LogP contribution in [0.2, 0.25) is 5.02 Å². The zero-order valence-electron chi connectivity index (χ0n) is 13.2. The summed E-state index contributed by atoms with van der Waals surface area (Å²) in [5.74, 6) is 0.417. The van der Waals surface area contributed by atoms with E-state index >= 15 is 0 Å². The molecule has 1 unspecified atom stereocenters. The van der Waals surface area contributed by atoms with Gasteiger partial charge < -0.3 is 14.3 Å². The first kappa shape index (κ1) is 17.3. The summed E-state index contributed by atoms with van der Waals surface area (Å²) in [4.78, 5) is 14.3. The van der Waals surface area contributed by atoms with E-state index in [1.807, 2.05) is 35.2 Å². The summed E-state index contributed by atoms with van der Waals surface area (Å²) in [5.41, 5.74) is 1.08. The van der Waals surface area contributed by atoms with E-state index in [9.17, 15) is 9.46 Å². The normalized spacial score (nSPS) is 18.2. The second-order valence-corrected chi connectivity index (χ2v) is 7.94. The quantitative estimate of drug-likeness (QED) is 0.818.